The van der Waals surface area contributed by atoms with Crippen LogP contribution < -0.4 is 15.6 Å². The fraction of sp³-hybridized carbons (Fsp3) is 0.333. The molecule has 2 aromatic rings. The van der Waals surface area contributed by atoms with Gasteiger partial charge in [0.05, 0.1) is 19.3 Å². The Balaban J connectivity index is 1.90. The number of hydrogen-bond acceptors (Lipinski definition) is 4. The molecule has 1 heterocycles. The van der Waals surface area contributed by atoms with Crippen LogP contribution in [-0.4, -0.2) is 37.8 Å². The number of hydrogen-bond donors (Lipinski definition) is 1. The largest absolute Gasteiger partial charge is 0.497 e. The van der Waals surface area contributed by atoms with Crippen molar-refractivity contribution in [1.82, 2.24) is 9.88 Å². The highest BCUT2D eigenvalue weighted by Crippen LogP contribution is 2.11. The fourth-order valence-corrected chi connectivity index (χ4v) is 2.24. The molecule has 6 nitrogen and oxygen atoms in total. The Morgan fingerprint density at radius 1 is 1.12 bits per heavy atom. The van der Waals surface area contributed by atoms with Crippen LogP contribution in [0, 0.1) is 0 Å². The van der Waals surface area contributed by atoms with E-state index in [1.807, 2.05) is 24.3 Å². The van der Waals surface area contributed by atoms with E-state index in [9.17, 15) is 9.59 Å². The fourth-order valence-electron chi connectivity index (χ4n) is 2.24. The molecule has 0 atom stereocenters. The number of rotatable bonds is 8. The van der Waals surface area contributed by atoms with E-state index < -0.39 is 0 Å². The third kappa shape index (κ3) is 4.96. The summed E-state index contributed by atoms with van der Waals surface area (Å²) < 4.78 is 11.5. The van der Waals surface area contributed by atoms with Crippen LogP contribution in [0.1, 0.15) is 15.9 Å². The molecule has 0 saturated heterocycles. The molecule has 0 bridgehead atoms. The van der Waals surface area contributed by atoms with Gasteiger partial charge in [-0.1, -0.05) is 12.1 Å². The summed E-state index contributed by atoms with van der Waals surface area (Å²) in [5.74, 6) is 0.607. The Kier molecular flexibility index (Phi) is 6.57. The summed E-state index contributed by atoms with van der Waals surface area (Å²) in [6, 6.07) is 10.7. The second-order valence-electron chi connectivity index (χ2n) is 5.30. The smallest absolute Gasteiger partial charge is 0.252 e. The van der Waals surface area contributed by atoms with E-state index in [2.05, 4.69) is 5.32 Å². The van der Waals surface area contributed by atoms with Crippen molar-refractivity contribution in [1.29, 1.82) is 0 Å². The highest BCUT2D eigenvalue weighted by Gasteiger charge is 2.07. The van der Waals surface area contributed by atoms with Crippen LogP contribution in [0.2, 0.25) is 0 Å². The first-order valence-electron chi connectivity index (χ1n) is 7.74. The molecule has 1 aromatic carbocycles. The predicted molar refractivity (Wildman–Crippen MR) is 91.6 cm³/mol. The zero-order valence-corrected chi connectivity index (χ0v) is 14.0. The van der Waals surface area contributed by atoms with Crippen molar-refractivity contribution in [3.8, 4) is 5.75 Å². The van der Waals surface area contributed by atoms with Gasteiger partial charge in [-0.2, -0.15) is 0 Å². The molecule has 0 radical (unpaired) electrons. The van der Waals surface area contributed by atoms with E-state index in [1.165, 1.54) is 16.7 Å². The number of carbonyl (C=O) groups is 1. The lowest BCUT2D eigenvalue weighted by Gasteiger charge is -2.09. The second kappa shape index (κ2) is 8.88. The lowest BCUT2D eigenvalue weighted by atomic mass is 10.1. The van der Waals surface area contributed by atoms with Crippen LogP contribution in [0.4, 0.5) is 0 Å². The molecule has 0 aliphatic carbocycles. The maximum absolute atomic E-state index is 12.2. The number of amides is 1. The van der Waals surface area contributed by atoms with Crippen molar-refractivity contribution in [2.24, 2.45) is 0 Å². The van der Waals surface area contributed by atoms with Crippen LogP contribution in [0.5, 0.6) is 5.75 Å². The van der Waals surface area contributed by atoms with E-state index in [1.54, 1.807) is 20.4 Å². The van der Waals surface area contributed by atoms with Crippen molar-refractivity contribution in [2.45, 2.75) is 13.0 Å². The molecule has 0 spiro atoms. The van der Waals surface area contributed by atoms with E-state index >= 15 is 0 Å². The van der Waals surface area contributed by atoms with E-state index in [0.29, 0.717) is 25.3 Å². The molecule has 0 aliphatic heterocycles. The maximum Gasteiger partial charge on any atom is 0.252 e. The van der Waals surface area contributed by atoms with Crippen molar-refractivity contribution < 1.29 is 14.3 Å². The molecule has 24 heavy (non-hydrogen) atoms. The summed E-state index contributed by atoms with van der Waals surface area (Å²) in [5.41, 5.74) is 1.42. The molecule has 2 rings (SSSR count). The Morgan fingerprint density at radius 3 is 2.54 bits per heavy atom. The number of ether oxygens (including phenoxy) is 2. The minimum absolute atomic E-state index is 0.151. The van der Waals surface area contributed by atoms with Gasteiger partial charge in [-0.15, -0.1) is 0 Å². The summed E-state index contributed by atoms with van der Waals surface area (Å²) in [7, 11) is 3.20. The summed E-state index contributed by atoms with van der Waals surface area (Å²) in [6.45, 7) is 1.35. The quantitative estimate of drug-likeness (QED) is 0.796. The van der Waals surface area contributed by atoms with Gasteiger partial charge < -0.3 is 19.4 Å². The van der Waals surface area contributed by atoms with Crippen LogP contribution in [0.15, 0.2) is 47.4 Å². The Bertz CT molecular complexity index is 723. The first-order chi connectivity index (χ1) is 11.6. The third-order valence-corrected chi connectivity index (χ3v) is 3.64. The van der Waals surface area contributed by atoms with Crippen LogP contribution in [0.3, 0.4) is 0 Å². The highest BCUT2D eigenvalue weighted by atomic mass is 16.5. The van der Waals surface area contributed by atoms with Gasteiger partial charge in [-0.25, -0.2) is 0 Å². The summed E-state index contributed by atoms with van der Waals surface area (Å²) in [4.78, 5) is 23.9. The second-order valence-corrected chi connectivity index (χ2v) is 5.30. The zero-order chi connectivity index (χ0) is 17.4. The minimum atomic E-state index is -0.199. The molecule has 0 saturated carbocycles. The highest BCUT2D eigenvalue weighted by molar-refractivity contribution is 5.93. The van der Waals surface area contributed by atoms with Crippen molar-refractivity contribution in [3.63, 3.8) is 0 Å². The maximum atomic E-state index is 12.2. The van der Waals surface area contributed by atoms with Crippen LogP contribution in [0.25, 0.3) is 0 Å². The minimum Gasteiger partial charge on any atom is -0.497 e. The third-order valence-electron chi connectivity index (χ3n) is 3.64. The topological polar surface area (TPSA) is 69.6 Å². The van der Waals surface area contributed by atoms with Gasteiger partial charge in [0.25, 0.3) is 11.5 Å². The lowest BCUT2D eigenvalue weighted by molar-refractivity contribution is 0.0953. The predicted octanol–water partition coefficient (Wildman–Crippen LogP) is 1.48. The molecule has 0 unspecified atom stereocenters. The standard InChI is InChI=1S/C18H22N2O4/c1-23-12-11-20-13-15(5-8-17(20)21)18(22)19-10-9-14-3-6-16(24-2)7-4-14/h3-8,13H,9-12H2,1-2H3,(H,19,22). The molecule has 1 N–H and O–H groups in total. The molecule has 0 fully saturated rings. The molecular formula is C18H22N2O4. The number of pyridine rings is 1. The first kappa shape index (κ1) is 17.7. The van der Waals surface area contributed by atoms with Crippen LogP contribution >= 0.6 is 0 Å². The number of carbonyl (C=O) groups excluding carboxylic acids is 1. The van der Waals surface area contributed by atoms with Gasteiger partial charge in [0, 0.05) is 32.5 Å². The normalized spacial score (nSPS) is 10.4. The van der Waals surface area contributed by atoms with Crippen molar-refractivity contribution in [3.05, 3.63) is 64.1 Å². The summed E-state index contributed by atoms with van der Waals surface area (Å²) >= 11 is 0. The summed E-state index contributed by atoms with van der Waals surface area (Å²) in [5, 5.41) is 2.86. The first-order valence-corrected chi connectivity index (χ1v) is 7.74. The molecular weight excluding hydrogens is 308 g/mol. The number of benzene rings is 1. The van der Waals surface area contributed by atoms with Gasteiger partial charge >= 0.3 is 0 Å². The lowest BCUT2D eigenvalue weighted by Crippen LogP contribution is -2.28. The zero-order valence-electron chi connectivity index (χ0n) is 14.0. The average Bonchev–Trinajstić information content (AvgIpc) is 2.61. The Labute approximate surface area is 141 Å². The van der Waals surface area contributed by atoms with Gasteiger partial charge in [0.1, 0.15) is 5.75 Å². The van der Waals surface area contributed by atoms with Gasteiger partial charge in [-0.05, 0) is 30.2 Å². The number of nitrogens with zero attached hydrogens (tertiary/aromatic N) is 1. The average molecular weight is 330 g/mol. The van der Waals surface area contributed by atoms with Gasteiger partial charge in [0.2, 0.25) is 0 Å². The number of nitrogens with one attached hydrogen (secondary N) is 1. The SMILES string of the molecule is COCCn1cc(C(=O)NCCc2ccc(OC)cc2)ccc1=O. The molecule has 6 heteroatoms. The van der Waals surface area contributed by atoms with E-state index in [0.717, 1.165) is 17.7 Å². The summed E-state index contributed by atoms with van der Waals surface area (Å²) in [6.07, 6.45) is 2.28. The molecule has 128 valence electrons. The number of methoxy groups -OCH3 is 2. The van der Waals surface area contributed by atoms with Crippen molar-refractivity contribution >= 4 is 5.91 Å². The van der Waals surface area contributed by atoms with Gasteiger partial charge in [-0.3, -0.25) is 9.59 Å². The van der Waals surface area contributed by atoms with Crippen molar-refractivity contribution in [2.75, 3.05) is 27.4 Å². The van der Waals surface area contributed by atoms with E-state index in [-0.39, 0.29) is 11.5 Å². The van der Waals surface area contributed by atoms with Gasteiger partial charge in [0.15, 0.2) is 0 Å². The van der Waals surface area contributed by atoms with E-state index in [4.69, 9.17) is 9.47 Å². The monoisotopic (exact) mass is 330 g/mol. The molecule has 1 aromatic heterocycles. The number of aromatic nitrogens is 1. The Hall–Kier alpha value is -2.60. The molecule has 1 amide bonds. The van der Waals surface area contributed by atoms with Crippen LogP contribution in [-0.2, 0) is 17.7 Å². The Morgan fingerprint density at radius 2 is 1.88 bits per heavy atom. The molecule has 0 aliphatic rings.